The molecule has 0 heterocycles. The van der Waals surface area contributed by atoms with Crippen molar-refractivity contribution in [2.24, 2.45) is 0 Å². The van der Waals surface area contributed by atoms with Gasteiger partial charge in [0.2, 0.25) is 0 Å². The molecule has 0 bridgehead atoms. The van der Waals surface area contributed by atoms with E-state index in [2.05, 4.69) is 18.1 Å². The molecule has 4 heteroatoms. The Bertz CT molecular complexity index is 424. The number of rotatable bonds is 11. The molecule has 1 N–H and O–H groups in total. The van der Waals surface area contributed by atoms with Crippen LogP contribution in [0.1, 0.15) is 5.56 Å². The topological polar surface area (TPSA) is 41.9 Å². The van der Waals surface area contributed by atoms with Gasteiger partial charge >= 0.3 is 0 Å². The summed E-state index contributed by atoms with van der Waals surface area (Å²) >= 11 is 0. The van der Waals surface area contributed by atoms with E-state index < -0.39 is 6.10 Å². The summed E-state index contributed by atoms with van der Waals surface area (Å²) in [6, 6.07) is 7.70. The first-order chi connectivity index (χ1) is 10.2. The highest BCUT2D eigenvalue weighted by Crippen LogP contribution is 2.13. The van der Waals surface area contributed by atoms with Crippen molar-refractivity contribution in [2.75, 3.05) is 33.4 Å². The molecule has 0 amide bonds. The van der Waals surface area contributed by atoms with Crippen LogP contribution in [0.3, 0.4) is 0 Å². The predicted octanol–water partition coefficient (Wildman–Crippen LogP) is 2.25. The summed E-state index contributed by atoms with van der Waals surface area (Å²) in [5.41, 5.74) is 1.02. The highest BCUT2D eigenvalue weighted by molar-refractivity contribution is 5.27. The number of aliphatic hydroxyl groups is 1. The number of hydrogen-bond acceptors (Lipinski definition) is 4. The molecule has 1 aromatic carbocycles. The van der Waals surface area contributed by atoms with Crippen molar-refractivity contribution >= 4 is 0 Å². The second-order valence-corrected chi connectivity index (χ2v) is 4.82. The van der Waals surface area contributed by atoms with Gasteiger partial charge in [-0.25, -0.2) is 0 Å². The molecule has 0 saturated carbocycles. The number of nitrogens with zero attached hydrogens (tertiary/aromatic N) is 1. The first-order valence-corrected chi connectivity index (χ1v) is 7.02. The van der Waals surface area contributed by atoms with Crippen LogP contribution in [0.2, 0.25) is 0 Å². The van der Waals surface area contributed by atoms with Crippen molar-refractivity contribution in [1.82, 2.24) is 4.90 Å². The van der Waals surface area contributed by atoms with E-state index in [0.29, 0.717) is 19.8 Å². The maximum absolute atomic E-state index is 9.99. The Morgan fingerprint density at radius 1 is 1.29 bits per heavy atom. The molecule has 0 aliphatic rings. The number of ether oxygens (including phenoxy) is 2. The first-order valence-electron chi connectivity index (χ1n) is 7.02. The van der Waals surface area contributed by atoms with E-state index in [9.17, 15) is 5.11 Å². The summed E-state index contributed by atoms with van der Waals surface area (Å²) < 4.78 is 10.7. The number of methoxy groups -OCH3 is 1. The number of hydrogen-bond donors (Lipinski definition) is 1. The minimum Gasteiger partial charge on any atom is -0.497 e. The SMILES string of the molecule is C=CCN(CC=C)CC(O)COCc1cccc(OC)c1. The summed E-state index contributed by atoms with van der Waals surface area (Å²) in [7, 11) is 1.64. The minimum absolute atomic E-state index is 0.294. The van der Waals surface area contributed by atoms with Crippen LogP contribution in [-0.2, 0) is 11.3 Å². The molecule has 116 valence electrons. The van der Waals surface area contributed by atoms with Gasteiger partial charge in [-0.3, -0.25) is 4.90 Å². The third-order valence-corrected chi connectivity index (χ3v) is 2.96. The molecule has 0 spiro atoms. The van der Waals surface area contributed by atoms with Crippen molar-refractivity contribution in [2.45, 2.75) is 12.7 Å². The first kappa shape index (κ1) is 17.4. The molecular weight excluding hydrogens is 266 g/mol. The third kappa shape index (κ3) is 7.09. The second-order valence-electron chi connectivity index (χ2n) is 4.82. The zero-order valence-electron chi connectivity index (χ0n) is 12.7. The standard InChI is InChI=1S/C17H25NO3/c1-4-9-18(10-5-2)12-16(19)14-21-13-15-7-6-8-17(11-15)20-3/h4-8,11,16,19H,1-2,9-10,12-14H2,3H3. The number of benzene rings is 1. The van der Waals surface area contributed by atoms with Gasteiger partial charge in [0.15, 0.2) is 0 Å². The summed E-state index contributed by atoms with van der Waals surface area (Å²) in [5, 5.41) is 9.99. The maximum Gasteiger partial charge on any atom is 0.119 e. The van der Waals surface area contributed by atoms with Gasteiger partial charge in [0.05, 0.1) is 26.4 Å². The maximum atomic E-state index is 9.99. The Hall–Kier alpha value is -1.62. The molecule has 0 saturated heterocycles. The van der Waals surface area contributed by atoms with E-state index in [-0.39, 0.29) is 0 Å². The molecule has 0 radical (unpaired) electrons. The van der Waals surface area contributed by atoms with Crippen LogP contribution < -0.4 is 4.74 Å². The van der Waals surface area contributed by atoms with Crippen molar-refractivity contribution in [1.29, 1.82) is 0 Å². The van der Waals surface area contributed by atoms with E-state index >= 15 is 0 Å². The van der Waals surface area contributed by atoms with Crippen LogP contribution >= 0.6 is 0 Å². The summed E-state index contributed by atoms with van der Waals surface area (Å²) in [4.78, 5) is 2.06. The van der Waals surface area contributed by atoms with Crippen LogP contribution in [0.5, 0.6) is 5.75 Å². The normalized spacial score (nSPS) is 12.1. The average Bonchev–Trinajstić information content (AvgIpc) is 2.48. The van der Waals surface area contributed by atoms with Gasteiger partial charge in [-0.15, -0.1) is 13.2 Å². The Morgan fingerprint density at radius 2 is 2.00 bits per heavy atom. The molecule has 0 aliphatic heterocycles. The zero-order chi connectivity index (χ0) is 15.5. The van der Waals surface area contributed by atoms with Crippen LogP contribution in [0.15, 0.2) is 49.6 Å². The van der Waals surface area contributed by atoms with Crippen LogP contribution in [0.25, 0.3) is 0 Å². The van der Waals surface area contributed by atoms with Gasteiger partial charge in [-0.2, -0.15) is 0 Å². The van der Waals surface area contributed by atoms with Gasteiger partial charge in [0.1, 0.15) is 5.75 Å². The molecule has 4 nitrogen and oxygen atoms in total. The van der Waals surface area contributed by atoms with E-state index in [0.717, 1.165) is 24.4 Å². The highest BCUT2D eigenvalue weighted by atomic mass is 16.5. The quantitative estimate of drug-likeness (QED) is 0.635. The van der Waals surface area contributed by atoms with Crippen molar-refractivity contribution in [3.05, 3.63) is 55.1 Å². The van der Waals surface area contributed by atoms with E-state index in [1.807, 2.05) is 36.4 Å². The monoisotopic (exact) mass is 291 g/mol. The van der Waals surface area contributed by atoms with Crippen LogP contribution in [0, 0.1) is 0 Å². The fraction of sp³-hybridized carbons (Fsp3) is 0.412. The van der Waals surface area contributed by atoms with E-state index in [1.165, 1.54) is 0 Å². The van der Waals surface area contributed by atoms with Gasteiger partial charge in [-0.05, 0) is 17.7 Å². The second kappa shape index (κ2) is 10.2. The largest absolute Gasteiger partial charge is 0.497 e. The molecule has 0 fully saturated rings. The smallest absolute Gasteiger partial charge is 0.119 e. The van der Waals surface area contributed by atoms with E-state index in [1.54, 1.807) is 7.11 Å². The van der Waals surface area contributed by atoms with Crippen LogP contribution in [-0.4, -0.2) is 49.5 Å². The number of aliphatic hydroxyl groups excluding tert-OH is 1. The van der Waals surface area contributed by atoms with Gasteiger partial charge in [-0.1, -0.05) is 24.3 Å². The Balaban J connectivity index is 2.33. The lowest BCUT2D eigenvalue weighted by Gasteiger charge is -2.22. The Morgan fingerprint density at radius 3 is 2.62 bits per heavy atom. The fourth-order valence-electron chi connectivity index (χ4n) is 2.01. The molecule has 21 heavy (non-hydrogen) atoms. The fourth-order valence-corrected chi connectivity index (χ4v) is 2.01. The highest BCUT2D eigenvalue weighted by Gasteiger charge is 2.10. The van der Waals surface area contributed by atoms with E-state index in [4.69, 9.17) is 9.47 Å². The molecular formula is C17H25NO3. The lowest BCUT2D eigenvalue weighted by atomic mass is 10.2. The minimum atomic E-state index is -0.532. The summed E-state index contributed by atoms with van der Waals surface area (Å²) in [5.74, 6) is 0.805. The lowest BCUT2D eigenvalue weighted by Crippen LogP contribution is -2.35. The average molecular weight is 291 g/mol. The third-order valence-electron chi connectivity index (χ3n) is 2.96. The van der Waals surface area contributed by atoms with Crippen LogP contribution in [0.4, 0.5) is 0 Å². The Labute approximate surface area is 127 Å². The molecule has 1 atom stereocenters. The molecule has 0 aliphatic carbocycles. The predicted molar refractivity (Wildman–Crippen MR) is 85.5 cm³/mol. The summed E-state index contributed by atoms with van der Waals surface area (Å²) in [6.45, 7) is 10.1. The Kier molecular flexibility index (Phi) is 8.43. The van der Waals surface area contributed by atoms with Crippen molar-refractivity contribution < 1.29 is 14.6 Å². The molecule has 1 unspecified atom stereocenters. The van der Waals surface area contributed by atoms with Crippen molar-refractivity contribution in [3.8, 4) is 5.75 Å². The van der Waals surface area contributed by atoms with Gasteiger partial charge in [0.25, 0.3) is 0 Å². The molecule has 1 aromatic rings. The van der Waals surface area contributed by atoms with Gasteiger partial charge < -0.3 is 14.6 Å². The lowest BCUT2D eigenvalue weighted by molar-refractivity contribution is 0.0132. The van der Waals surface area contributed by atoms with Crippen molar-refractivity contribution in [3.63, 3.8) is 0 Å². The molecule has 1 rings (SSSR count). The zero-order valence-corrected chi connectivity index (χ0v) is 12.7. The molecule has 0 aromatic heterocycles. The van der Waals surface area contributed by atoms with Gasteiger partial charge in [0, 0.05) is 19.6 Å². The summed E-state index contributed by atoms with van der Waals surface area (Å²) in [6.07, 6.45) is 3.09.